The summed E-state index contributed by atoms with van der Waals surface area (Å²) in [4.78, 5) is 66.9. The third-order valence-electron chi connectivity index (χ3n) is 5.11. The van der Waals surface area contributed by atoms with Gasteiger partial charge in [-0.15, -0.1) is 11.3 Å². The van der Waals surface area contributed by atoms with Crippen LogP contribution in [0.2, 0.25) is 0 Å². The number of hydrogen-bond donors (Lipinski definition) is 4. The van der Waals surface area contributed by atoms with Gasteiger partial charge in [0.2, 0.25) is 5.91 Å². The summed E-state index contributed by atoms with van der Waals surface area (Å²) >= 11 is 2.36. The van der Waals surface area contributed by atoms with Crippen molar-refractivity contribution in [2.24, 2.45) is 11.7 Å². The van der Waals surface area contributed by atoms with Gasteiger partial charge in [-0.2, -0.15) is 0 Å². The van der Waals surface area contributed by atoms with Crippen molar-refractivity contribution >= 4 is 51.9 Å². The lowest BCUT2D eigenvalue weighted by Crippen LogP contribution is -2.48. The standard InChI is InChI=1S/C24H33N5O6S2/c1-4-16-22(32)29-21(14(2)3)24(34)35-15(7-5-6-10-36-20(31)8-9-25)11-18(30)26-12-19-27-17(13-37-19)23(33)28-16/h4-5,7,13-15,21H,6,8-12,25H2,1-3H3,(H,26,30)(H,28,33)(H,29,32)/b7-5+,16-4-/t15-,21+/m1/s1. The summed E-state index contributed by atoms with van der Waals surface area (Å²) in [6.45, 7) is 5.45. The quantitative estimate of drug-likeness (QED) is 0.169. The van der Waals surface area contributed by atoms with Gasteiger partial charge in [0.25, 0.3) is 11.8 Å². The van der Waals surface area contributed by atoms with E-state index in [0.29, 0.717) is 30.1 Å². The number of carbonyl (C=O) groups is 5. The highest BCUT2D eigenvalue weighted by molar-refractivity contribution is 8.13. The zero-order valence-corrected chi connectivity index (χ0v) is 22.7. The first-order valence-electron chi connectivity index (χ1n) is 11.9. The minimum absolute atomic E-state index is 0.00367. The largest absolute Gasteiger partial charge is 0.456 e. The Hall–Kier alpha value is -3.03. The number of nitrogens with zero attached hydrogens (tertiary/aromatic N) is 1. The molecule has 0 radical (unpaired) electrons. The van der Waals surface area contributed by atoms with Gasteiger partial charge in [0.15, 0.2) is 5.12 Å². The second-order valence-corrected chi connectivity index (χ2v) is 10.5. The molecule has 0 aromatic carbocycles. The number of hydrogen-bond acceptors (Lipinski definition) is 10. The van der Waals surface area contributed by atoms with Crippen LogP contribution in [0.25, 0.3) is 0 Å². The van der Waals surface area contributed by atoms with Crippen LogP contribution in [0.3, 0.4) is 0 Å². The maximum Gasteiger partial charge on any atom is 0.329 e. The molecule has 3 amide bonds. The highest BCUT2D eigenvalue weighted by atomic mass is 32.2. The first kappa shape index (κ1) is 30.2. The Balaban J connectivity index is 2.24. The normalized spacial score (nSPS) is 21.1. The summed E-state index contributed by atoms with van der Waals surface area (Å²) in [6, 6.07) is -1.03. The molecule has 13 heteroatoms. The predicted molar refractivity (Wildman–Crippen MR) is 141 cm³/mol. The Kier molecular flexibility index (Phi) is 12.5. The van der Waals surface area contributed by atoms with Gasteiger partial charge >= 0.3 is 5.97 Å². The maximum atomic E-state index is 13.0. The average Bonchev–Trinajstić information content (AvgIpc) is 3.32. The smallest absolute Gasteiger partial charge is 0.329 e. The molecule has 0 saturated heterocycles. The van der Waals surface area contributed by atoms with E-state index < -0.39 is 29.9 Å². The Morgan fingerprint density at radius 1 is 1.30 bits per heavy atom. The molecule has 1 aromatic heterocycles. The summed E-state index contributed by atoms with van der Waals surface area (Å²) in [5, 5.41) is 9.88. The van der Waals surface area contributed by atoms with Crippen molar-refractivity contribution in [1.29, 1.82) is 0 Å². The minimum atomic E-state index is -1.03. The Bertz CT molecular complexity index is 1050. The topological polar surface area (TPSA) is 170 Å². The SMILES string of the molecule is C/C=C1\NC(=O)c2csc(n2)CNC(=O)C[C@@H](/C=C/CCSC(=O)CCN)OC(=O)[C@H](C(C)C)NC1=O. The number of amides is 3. The van der Waals surface area contributed by atoms with E-state index in [1.807, 2.05) is 0 Å². The minimum Gasteiger partial charge on any atom is -0.456 e. The number of carbonyl (C=O) groups excluding carboxylic acids is 5. The molecule has 0 spiro atoms. The second kappa shape index (κ2) is 15.3. The summed E-state index contributed by atoms with van der Waals surface area (Å²) in [5.74, 6) is -2.15. The van der Waals surface area contributed by atoms with Crippen molar-refractivity contribution in [3.8, 4) is 0 Å². The molecule has 2 atom stereocenters. The summed E-state index contributed by atoms with van der Waals surface area (Å²) in [7, 11) is 0. The number of esters is 1. The Morgan fingerprint density at radius 2 is 2.05 bits per heavy atom. The van der Waals surface area contributed by atoms with Gasteiger partial charge in [-0.05, 0) is 25.3 Å². The molecule has 5 N–H and O–H groups in total. The number of fused-ring (bicyclic) bond motifs is 2. The van der Waals surface area contributed by atoms with Gasteiger partial charge in [-0.3, -0.25) is 19.2 Å². The van der Waals surface area contributed by atoms with E-state index in [4.69, 9.17) is 10.5 Å². The number of nitrogens with one attached hydrogen (secondary N) is 3. The zero-order valence-electron chi connectivity index (χ0n) is 21.1. The molecule has 2 heterocycles. The second-order valence-electron chi connectivity index (χ2n) is 8.41. The molecule has 2 rings (SSSR count). The summed E-state index contributed by atoms with van der Waals surface area (Å²) in [6.07, 6.45) is 4.55. The predicted octanol–water partition coefficient (Wildman–Crippen LogP) is 1.40. The van der Waals surface area contributed by atoms with Crippen molar-refractivity contribution in [2.45, 2.75) is 58.7 Å². The van der Waals surface area contributed by atoms with Gasteiger partial charge < -0.3 is 26.4 Å². The molecule has 37 heavy (non-hydrogen) atoms. The summed E-state index contributed by atoms with van der Waals surface area (Å²) < 4.78 is 5.62. The lowest BCUT2D eigenvalue weighted by atomic mass is 10.0. The number of aromatic nitrogens is 1. The van der Waals surface area contributed by atoms with E-state index in [1.54, 1.807) is 32.9 Å². The number of thioether (sulfide) groups is 1. The number of ether oxygens (including phenoxy) is 1. The van der Waals surface area contributed by atoms with Crippen LogP contribution in [-0.4, -0.2) is 58.2 Å². The van der Waals surface area contributed by atoms with E-state index in [1.165, 1.54) is 34.6 Å². The van der Waals surface area contributed by atoms with Crippen molar-refractivity contribution in [3.63, 3.8) is 0 Å². The van der Waals surface area contributed by atoms with Crippen LogP contribution in [0, 0.1) is 5.92 Å². The molecule has 1 aromatic rings. The van der Waals surface area contributed by atoms with Crippen molar-refractivity contribution in [3.05, 3.63) is 40.0 Å². The molecular weight excluding hydrogens is 518 g/mol. The van der Waals surface area contributed by atoms with Crippen LogP contribution >= 0.6 is 23.1 Å². The fraction of sp³-hybridized carbons (Fsp3) is 0.500. The van der Waals surface area contributed by atoms with Crippen LogP contribution in [-0.2, 0) is 30.5 Å². The van der Waals surface area contributed by atoms with Crippen molar-refractivity contribution in [1.82, 2.24) is 20.9 Å². The first-order valence-corrected chi connectivity index (χ1v) is 13.7. The van der Waals surface area contributed by atoms with Crippen LogP contribution < -0.4 is 21.7 Å². The Labute approximate surface area is 224 Å². The highest BCUT2D eigenvalue weighted by Crippen LogP contribution is 2.14. The summed E-state index contributed by atoms with van der Waals surface area (Å²) in [5.41, 5.74) is 5.46. The van der Waals surface area contributed by atoms with E-state index in [2.05, 4.69) is 20.9 Å². The van der Waals surface area contributed by atoms with Gasteiger partial charge in [0.1, 0.15) is 28.5 Å². The van der Waals surface area contributed by atoms with Gasteiger partial charge in [0.05, 0.1) is 13.0 Å². The monoisotopic (exact) mass is 551 g/mol. The number of cyclic esters (lactones) is 1. The van der Waals surface area contributed by atoms with E-state index in [-0.39, 0.29) is 41.3 Å². The van der Waals surface area contributed by atoms with Crippen LogP contribution in [0.1, 0.15) is 55.5 Å². The number of nitrogens with two attached hydrogens (primary N) is 1. The first-order chi connectivity index (χ1) is 17.6. The highest BCUT2D eigenvalue weighted by Gasteiger charge is 2.30. The number of thiazole rings is 1. The third kappa shape index (κ3) is 10.1. The molecule has 0 fully saturated rings. The van der Waals surface area contributed by atoms with E-state index in [0.717, 1.165) is 0 Å². The molecular formula is C24H33N5O6S2. The van der Waals surface area contributed by atoms with Crippen LogP contribution in [0.15, 0.2) is 29.3 Å². The number of rotatable bonds is 7. The fourth-order valence-corrected chi connectivity index (χ4v) is 4.60. The molecule has 0 saturated carbocycles. The van der Waals surface area contributed by atoms with Crippen molar-refractivity contribution in [2.75, 3.05) is 12.3 Å². The maximum absolute atomic E-state index is 13.0. The van der Waals surface area contributed by atoms with Gasteiger partial charge in [-0.25, -0.2) is 9.78 Å². The van der Waals surface area contributed by atoms with Gasteiger partial charge in [0, 0.05) is 24.1 Å². The third-order valence-corrected chi connectivity index (χ3v) is 6.93. The van der Waals surface area contributed by atoms with E-state index in [9.17, 15) is 24.0 Å². The number of allylic oxidation sites excluding steroid dienone is 2. The molecule has 11 nitrogen and oxygen atoms in total. The average molecular weight is 552 g/mol. The van der Waals surface area contributed by atoms with Crippen LogP contribution in [0.4, 0.5) is 0 Å². The molecule has 1 aliphatic heterocycles. The lowest BCUT2D eigenvalue weighted by Gasteiger charge is -2.24. The Morgan fingerprint density at radius 3 is 2.73 bits per heavy atom. The molecule has 0 unspecified atom stereocenters. The van der Waals surface area contributed by atoms with Crippen molar-refractivity contribution < 1.29 is 28.7 Å². The fourth-order valence-electron chi connectivity index (χ4n) is 3.14. The molecule has 1 aliphatic rings. The lowest BCUT2D eigenvalue weighted by molar-refractivity contribution is -0.153. The van der Waals surface area contributed by atoms with E-state index >= 15 is 0 Å². The van der Waals surface area contributed by atoms with Gasteiger partial charge in [-0.1, -0.05) is 37.8 Å². The molecule has 202 valence electrons. The zero-order chi connectivity index (χ0) is 27.4. The van der Waals surface area contributed by atoms with Crippen LogP contribution in [0.5, 0.6) is 0 Å². The molecule has 0 aliphatic carbocycles. The molecule has 2 bridgehead atoms.